The maximum Gasteiger partial charge on any atom is 0.211 e. The van der Waals surface area contributed by atoms with E-state index in [-0.39, 0.29) is 0 Å². The van der Waals surface area contributed by atoms with Crippen molar-refractivity contribution in [3.05, 3.63) is 11.8 Å². The molecular weight excluding hydrogens is 190 g/mol. The Morgan fingerprint density at radius 1 is 1.53 bits per heavy atom. The molecule has 1 saturated heterocycles. The molecule has 0 spiro atoms. The van der Waals surface area contributed by atoms with E-state index in [0.717, 1.165) is 37.1 Å². The van der Waals surface area contributed by atoms with Gasteiger partial charge in [0.25, 0.3) is 0 Å². The van der Waals surface area contributed by atoms with Crippen molar-refractivity contribution in [1.29, 1.82) is 0 Å². The Labute approximate surface area is 90.6 Å². The summed E-state index contributed by atoms with van der Waals surface area (Å²) in [6, 6.07) is 1.99. The Balaban J connectivity index is 2.02. The van der Waals surface area contributed by atoms with E-state index in [1.54, 1.807) is 7.11 Å². The molecule has 2 heterocycles. The van der Waals surface area contributed by atoms with Crippen molar-refractivity contribution in [2.24, 2.45) is 5.92 Å². The summed E-state index contributed by atoms with van der Waals surface area (Å²) in [4.78, 5) is 0. The number of ether oxygens (including phenoxy) is 1. The molecule has 0 atom stereocenters. The van der Waals surface area contributed by atoms with Crippen LogP contribution < -0.4 is 10.1 Å². The highest BCUT2D eigenvalue weighted by atomic mass is 16.5. The molecule has 1 fully saturated rings. The third kappa shape index (κ3) is 2.50. The summed E-state index contributed by atoms with van der Waals surface area (Å²) in [5, 5.41) is 7.82. The van der Waals surface area contributed by atoms with Gasteiger partial charge in [-0.15, -0.1) is 0 Å². The van der Waals surface area contributed by atoms with Gasteiger partial charge in [-0.05, 0) is 38.8 Å². The third-order valence-corrected chi connectivity index (χ3v) is 2.96. The summed E-state index contributed by atoms with van der Waals surface area (Å²) >= 11 is 0. The lowest BCUT2D eigenvalue weighted by molar-refractivity contribution is 0.289. The smallest absolute Gasteiger partial charge is 0.211 e. The summed E-state index contributed by atoms with van der Waals surface area (Å²) in [5.41, 5.74) is 1.03. The van der Waals surface area contributed by atoms with Gasteiger partial charge >= 0.3 is 0 Å². The van der Waals surface area contributed by atoms with E-state index in [2.05, 4.69) is 10.4 Å². The van der Waals surface area contributed by atoms with Crippen LogP contribution in [0.3, 0.4) is 0 Å². The van der Waals surface area contributed by atoms with Gasteiger partial charge in [0.05, 0.1) is 12.8 Å². The van der Waals surface area contributed by atoms with Gasteiger partial charge in [-0.3, -0.25) is 0 Å². The zero-order valence-electron chi connectivity index (χ0n) is 9.49. The van der Waals surface area contributed by atoms with E-state index in [4.69, 9.17) is 4.74 Å². The van der Waals surface area contributed by atoms with Crippen LogP contribution in [0.15, 0.2) is 6.07 Å². The average molecular weight is 209 g/mol. The maximum absolute atomic E-state index is 5.29. The average Bonchev–Trinajstić information content (AvgIpc) is 2.60. The van der Waals surface area contributed by atoms with Crippen LogP contribution >= 0.6 is 0 Å². The fourth-order valence-corrected chi connectivity index (χ4v) is 2.13. The van der Waals surface area contributed by atoms with Crippen LogP contribution in [-0.4, -0.2) is 30.0 Å². The molecule has 1 aromatic heterocycles. The van der Waals surface area contributed by atoms with Crippen LogP contribution in [0.5, 0.6) is 5.88 Å². The zero-order chi connectivity index (χ0) is 10.7. The van der Waals surface area contributed by atoms with E-state index >= 15 is 0 Å². The molecule has 1 N–H and O–H groups in total. The zero-order valence-corrected chi connectivity index (χ0v) is 9.49. The summed E-state index contributed by atoms with van der Waals surface area (Å²) in [6.45, 7) is 5.25. The van der Waals surface area contributed by atoms with E-state index in [9.17, 15) is 0 Å². The summed E-state index contributed by atoms with van der Waals surface area (Å²) < 4.78 is 7.28. The Kier molecular flexibility index (Phi) is 3.26. The molecule has 2 rings (SSSR count). The van der Waals surface area contributed by atoms with Crippen molar-refractivity contribution in [1.82, 2.24) is 15.1 Å². The van der Waals surface area contributed by atoms with E-state index in [1.165, 1.54) is 12.8 Å². The largest absolute Gasteiger partial charge is 0.481 e. The van der Waals surface area contributed by atoms with Crippen LogP contribution in [0.4, 0.5) is 0 Å². The summed E-state index contributed by atoms with van der Waals surface area (Å²) in [7, 11) is 1.70. The van der Waals surface area contributed by atoms with Crippen LogP contribution in [-0.2, 0) is 6.54 Å². The molecule has 1 aliphatic heterocycles. The second kappa shape index (κ2) is 4.66. The predicted molar refractivity (Wildman–Crippen MR) is 59.1 cm³/mol. The van der Waals surface area contributed by atoms with Gasteiger partial charge in [-0.2, -0.15) is 5.10 Å². The molecule has 0 aliphatic carbocycles. The number of aryl methyl sites for hydroxylation is 1. The highest BCUT2D eigenvalue weighted by molar-refractivity contribution is 5.14. The number of rotatable bonds is 3. The number of hydrogen-bond acceptors (Lipinski definition) is 3. The van der Waals surface area contributed by atoms with Crippen molar-refractivity contribution in [3.8, 4) is 5.88 Å². The van der Waals surface area contributed by atoms with Crippen LogP contribution in [0.1, 0.15) is 18.5 Å². The highest BCUT2D eigenvalue weighted by Gasteiger charge is 2.16. The molecule has 0 unspecified atom stereocenters. The Morgan fingerprint density at radius 2 is 2.27 bits per heavy atom. The molecule has 15 heavy (non-hydrogen) atoms. The van der Waals surface area contributed by atoms with E-state index in [0.29, 0.717) is 0 Å². The number of methoxy groups -OCH3 is 1. The number of piperidine rings is 1. The molecular formula is C11H19N3O. The summed E-state index contributed by atoms with van der Waals surface area (Å²) in [6.07, 6.45) is 2.48. The van der Waals surface area contributed by atoms with Gasteiger partial charge in [0, 0.05) is 12.6 Å². The van der Waals surface area contributed by atoms with Crippen LogP contribution in [0, 0.1) is 12.8 Å². The van der Waals surface area contributed by atoms with Gasteiger partial charge in [-0.25, -0.2) is 4.68 Å². The molecule has 84 valence electrons. The van der Waals surface area contributed by atoms with E-state index < -0.39 is 0 Å². The number of hydrogen-bond donors (Lipinski definition) is 1. The second-order valence-electron chi connectivity index (χ2n) is 4.20. The first-order chi connectivity index (χ1) is 7.29. The molecule has 0 radical (unpaired) electrons. The molecule has 4 nitrogen and oxygen atoms in total. The summed E-state index contributed by atoms with van der Waals surface area (Å²) in [5.74, 6) is 1.62. The minimum absolute atomic E-state index is 0.736. The minimum Gasteiger partial charge on any atom is -0.481 e. The van der Waals surface area contributed by atoms with Gasteiger partial charge in [0.15, 0.2) is 0 Å². The lowest BCUT2D eigenvalue weighted by atomic mass is 9.98. The van der Waals surface area contributed by atoms with Gasteiger partial charge in [0.2, 0.25) is 5.88 Å². The Hall–Kier alpha value is -1.03. The standard InChI is InChI=1S/C11H19N3O/c1-9-7-11(15-2)14(13-9)8-10-3-5-12-6-4-10/h7,10,12H,3-6,8H2,1-2H3. The monoisotopic (exact) mass is 209 g/mol. The number of nitrogens with one attached hydrogen (secondary N) is 1. The molecule has 0 saturated carbocycles. The van der Waals surface area contributed by atoms with Crippen molar-refractivity contribution >= 4 is 0 Å². The fourth-order valence-electron chi connectivity index (χ4n) is 2.13. The van der Waals surface area contributed by atoms with Crippen molar-refractivity contribution < 1.29 is 4.74 Å². The molecule has 1 aliphatic rings. The minimum atomic E-state index is 0.736. The Bertz CT molecular complexity index is 316. The lowest BCUT2D eigenvalue weighted by Crippen LogP contribution is -2.30. The topological polar surface area (TPSA) is 39.1 Å². The normalized spacial score (nSPS) is 18.0. The Morgan fingerprint density at radius 3 is 2.93 bits per heavy atom. The lowest BCUT2D eigenvalue weighted by Gasteiger charge is -2.22. The van der Waals surface area contributed by atoms with Crippen molar-refractivity contribution in [3.63, 3.8) is 0 Å². The first kappa shape index (κ1) is 10.5. The van der Waals surface area contributed by atoms with Crippen LogP contribution in [0.25, 0.3) is 0 Å². The quantitative estimate of drug-likeness (QED) is 0.813. The maximum atomic E-state index is 5.29. The van der Waals surface area contributed by atoms with Gasteiger partial charge in [0.1, 0.15) is 0 Å². The molecule has 0 bridgehead atoms. The van der Waals surface area contributed by atoms with Crippen molar-refractivity contribution in [2.45, 2.75) is 26.3 Å². The fraction of sp³-hybridized carbons (Fsp3) is 0.727. The second-order valence-corrected chi connectivity index (χ2v) is 4.20. The molecule has 0 aromatic carbocycles. The molecule has 0 amide bonds. The van der Waals surface area contributed by atoms with E-state index in [1.807, 2.05) is 17.7 Å². The highest BCUT2D eigenvalue weighted by Crippen LogP contribution is 2.19. The first-order valence-corrected chi connectivity index (χ1v) is 5.59. The molecule has 4 heteroatoms. The number of nitrogens with zero attached hydrogens (tertiary/aromatic N) is 2. The van der Waals surface area contributed by atoms with Gasteiger partial charge < -0.3 is 10.1 Å². The first-order valence-electron chi connectivity index (χ1n) is 5.59. The third-order valence-electron chi connectivity index (χ3n) is 2.96. The van der Waals surface area contributed by atoms with Crippen LogP contribution in [0.2, 0.25) is 0 Å². The SMILES string of the molecule is COc1cc(C)nn1CC1CCNCC1. The van der Waals surface area contributed by atoms with Gasteiger partial charge in [-0.1, -0.05) is 0 Å². The van der Waals surface area contributed by atoms with Crippen molar-refractivity contribution in [2.75, 3.05) is 20.2 Å². The predicted octanol–water partition coefficient (Wildman–Crippen LogP) is 1.20. The number of aromatic nitrogens is 2. The molecule has 1 aromatic rings.